The lowest BCUT2D eigenvalue weighted by molar-refractivity contribution is 0.722. The molecule has 0 fully saturated rings. The van der Waals surface area contributed by atoms with Crippen LogP contribution in [0.3, 0.4) is 0 Å². The van der Waals surface area contributed by atoms with Crippen LogP contribution in [0.2, 0.25) is 0 Å². The first kappa shape index (κ1) is 11.5. The van der Waals surface area contributed by atoms with Crippen LogP contribution in [0.4, 0.5) is 0 Å². The lowest BCUT2D eigenvalue weighted by Gasteiger charge is -2.04. The maximum absolute atomic E-state index is 5.75. The van der Waals surface area contributed by atoms with Crippen molar-refractivity contribution in [3.63, 3.8) is 0 Å². The highest BCUT2D eigenvalue weighted by Crippen LogP contribution is 2.21. The van der Waals surface area contributed by atoms with Crippen LogP contribution in [-0.4, -0.2) is 15.4 Å². The Morgan fingerprint density at radius 3 is 2.75 bits per heavy atom. The second kappa shape index (κ2) is 4.46. The van der Waals surface area contributed by atoms with E-state index < -0.39 is 0 Å². The Labute approximate surface area is 101 Å². The van der Waals surface area contributed by atoms with E-state index in [1.54, 1.807) is 0 Å². The molecule has 3 heteroatoms. The molecular weight excluding hydrogens is 220 g/mol. The predicted octanol–water partition coefficient (Wildman–Crippen LogP) is 3.48. The fraction of sp³-hybridized carbons (Fsp3) is 0.462. The van der Waals surface area contributed by atoms with Crippen LogP contribution in [0.5, 0.6) is 0 Å². The number of imidazole rings is 1. The molecule has 0 radical (unpaired) electrons. The Hall–Kier alpha value is -1.02. The third kappa shape index (κ3) is 1.94. The molecule has 0 amide bonds. The van der Waals surface area contributed by atoms with Gasteiger partial charge in [0.25, 0.3) is 0 Å². The molecule has 1 aromatic heterocycles. The van der Waals surface area contributed by atoms with Crippen LogP contribution in [-0.2, 0) is 13.5 Å². The first-order chi connectivity index (χ1) is 7.63. The number of fused-ring (bicyclic) bond motifs is 1. The minimum absolute atomic E-state index is 0.453. The molecule has 0 N–H and O–H groups in total. The molecule has 0 aliphatic heterocycles. The molecule has 2 nitrogen and oxygen atoms in total. The number of rotatable bonds is 3. The number of benzene rings is 1. The van der Waals surface area contributed by atoms with E-state index in [4.69, 9.17) is 11.6 Å². The van der Waals surface area contributed by atoms with Crippen LogP contribution < -0.4 is 0 Å². The van der Waals surface area contributed by atoms with Crippen molar-refractivity contribution in [2.24, 2.45) is 7.05 Å². The van der Waals surface area contributed by atoms with E-state index >= 15 is 0 Å². The minimum Gasteiger partial charge on any atom is -0.331 e. The molecule has 0 bridgehead atoms. The zero-order valence-electron chi connectivity index (χ0n) is 10.00. The van der Waals surface area contributed by atoms with E-state index in [1.807, 2.05) is 0 Å². The minimum atomic E-state index is 0.453. The molecule has 0 aliphatic carbocycles. The molecule has 0 aliphatic rings. The molecule has 1 heterocycles. The number of halogens is 1. The van der Waals surface area contributed by atoms with E-state index in [2.05, 4.69) is 48.6 Å². The standard InChI is InChI=1S/C13H17ClN2/c1-9(2)13-15-11-8-10(6-7-14)4-5-12(11)16(13)3/h4-5,8-9H,6-7H2,1-3H3. The van der Waals surface area contributed by atoms with E-state index in [9.17, 15) is 0 Å². The van der Waals surface area contributed by atoms with Crippen LogP contribution in [0.25, 0.3) is 11.0 Å². The van der Waals surface area contributed by atoms with E-state index in [1.165, 1.54) is 11.1 Å². The van der Waals surface area contributed by atoms with Crippen LogP contribution in [0.1, 0.15) is 31.2 Å². The van der Waals surface area contributed by atoms with Crippen molar-refractivity contribution in [3.8, 4) is 0 Å². The summed E-state index contributed by atoms with van der Waals surface area (Å²) in [5.41, 5.74) is 3.53. The second-order valence-electron chi connectivity index (χ2n) is 4.45. The summed E-state index contributed by atoms with van der Waals surface area (Å²) >= 11 is 5.75. The highest BCUT2D eigenvalue weighted by atomic mass is 35.5. The number of aromatic nitrogens is 2. The molecule has 0 spiro atoms. The lowest BCUT2D eigenvalue weighted by Crippen LogP contribution is -1.99. The summed E-state index contributed by atoms with van der Waals surface area (Å²) in [6, 6.07) is 6.41. The van der Waals surface area contributed by atoms with Gasteiger partial charge in [0.2, 0.25) is 0 Å². The third-order valence-corrected chi connectivity index (χ3v) is 3.07. The first-order valence-electron chi connectivity index (χ1n) is 5.64. The third-order valence-electron chi connectivity index (χ3n) is 2.88. The normalized spacial score (nSPS) is 11.6. The van der Waals surface area contributed by atoms with Crippen molar-refractivity contribution >= 4 is 22.6 Å². The van der Waals surface area contributed by atoms with Crippen LogP contribution >= 0.6 is 11.6 Å². The molecule has 0 atom stereocenters. The molecule has 0 saturated carbocycles. The van der Waals surface area contributed by atoms with Crippen molar-refractivity contribution in [2.75, 3.05) is 5.88 Å². The Bertz CT molecular complexity index is 500. The van der Waals surface area contributed by atoms with Crippen LogP contribution in [0, 0.1) is 0 Å². The zero-order chi connectivity index (χ0) is 11.7. The van der Waals surface area contributed by atoms with Crippen molar-refractivity contribution in [1.29, 1.82) is 0 Å². The largest absolute Gasteiger partial charge is 0.331 e. The SMILES string of the molecule is CC(C)c1nc2cc(CCCl)ccc2n1C. The van der Waals surface area contributed by atoms with Crippen molar-refractivity contribution in [1.82, 2.24) is 9.55 Å². The van der Waals surface area contributed by atoms with Gasteiger partial charge in [0.1, 0.15) is 5.82 Å². The van der Waals surface area contributed by atoms with Gasteiger partial charge in [0.15, 0.2) is 0 Å². The Balaban J connectivity index is 2.54. The zero-order valence-corrected chi connectivity index (χ0v) is 10.8. The number of hydrogen-bond donors (Lipinski definition) is 0. The fourth-order valence-electron chi connectivity index (χ4n) is 2.05. The van der Waals surface area contributed by atoms with Gasteiger partial charge in [0.05, 0.1) is 11.0 Å². The smallest absolute Gasteiger partial charge is 0.112 e. The molecule has 2 rings (SSSR count). The summed E-state index contributed by atoms with van der Waals surface area (Å²) in [5.74, 6) is 2.25. The van der Waals surface area contributed by atoms with Gasteiger partial charge in [-0.25, -0.2) is 4.98 Å². The van der Waals surface area contributed by atoms with Crippen molar-refractivity contribution < 1.29 is 0 Å². The quantitative estimate of drug-likeness (QED) is 0.747. The average Bonchev–Trinajstić information content (AvgIpc) is 2.56. The maximum Gasteiger partial charge on any atom is 0.112 e. The van der Waals surface area contributed by atoms with Gasteiger partial charge in [0, 0.05) is 18.8 Å². The van der Waals surface area contributed by atoms with Gasteiger partial charge in [-0.2, -0.15) is 0 Å². The first-order valence-corrected chi connectivity index (χ1v) is 6.18. The molecular formula is C13H17ClN2. The number of nitrogens with zero attached hydrogens (tertiary/aromatic N) is 2. The summed E-state index contributed by atoms with van der Waals surface area (Å²) in [7, 11) is 2.08. The monoisotopic (exact) mass is 236 g/mol. The number of hydrogen-bond acceptors (Lipinski definition) is 1. The molecule has 1 aromatic carbocycles. The van der Waals surface area contributed by atoms with Gasteiger partial charge >= 0.3 is 0 Å². The van der Waals surface area contributed by atoms with E-state index in [-0.39, 0.29) is 0 Å². The highest BCUT2D eigenvalue weighted by Gasteiger charge is 2.10. The van der Waals surface area contributed by atoms with E-state index in [0.29, 0.717) is 11.8 Å². The topological polar surface area (TPSA) is 17.8 Å². The molecule has 0 unspecified atom stereocenters. The molecule has 86 valence electrons. The summed E-state index contributed by atoms with van der Waals surface area (Å²) in [4.78, 5) is 4.67. The van der Waals surface area contributed by atoms with Crippen LogP contribution in [0.15, 0.2) is 18.2 Å². The van der Waals surface area contributed by atoms with Crippen molar-refractivity contribution in [2.45, 2.75) is 26.2 Å². The van der Waals surface area contributed by atoms with Gasteiger partial charge in [-0.05, 0) is 24.1 Å². The average molecular weight is 237 g/mol. The second-order valence-corrected chi connectivity index (χ2v) is 4.82. The summed E-state index contributed by atoms with van der Waals surface area (Å²) < 4.78 is 2.17. The number of alkyl halides is 1. The van der Waals surface area contributed by atoms with Gasteiger partial charge in [-0.1, -0.05) is 19.9 Å². The Morgan fingerprint density at radius 2 is 2.12 bits per heavy atom. The maximum atomic E-state index is 5.75. The summed E-state index contributed by atoms with van der Waals surface area (Å²) in [6.45, 7) is 4.34. The summed E-state index contributed by atoms with van der Waals surface area (Å²) in [5, 5.41) is 0. The summed E-state index contributed by atoms with van der Waals surface area (Å²) in [6.07, 6.45) is 0.908. The Morgan fingerprint density at radius 1 is 1.38 bits per heavy atom. The molecule has 16 heavy (non-hydrogen) atoms. The lowest BCUT2D eigenvalue weighted by atomic mass is 10.1. The van der Waals surface area contributed by atoms with Gasteiger partial charge in [-0.3, -0.25) is 0 Å². The Kier molecular flexibility index (Phi) is 3.20. The highest BCUT2D eigenvalue weighted by molar-refractivity contribution is 6.18. The van der Waals surface area contributed by atoms with E-state index in [0.717, 1.165) is 17.8 Å². The predicted molar refractivity (Wildman–Crippen MR) is 69.2 cm³/mol. The molecule has 2 aromatic rings. The number of aryl methyl sites for hydroxylation is 2. The fourth-order valence-corrected chi connectivity index (χ4v) is 2.26. The molecule has 0 saturated heterocycles. The van der Waals surface area contributed by atoms with Gasteiger partial charge < -0.3 is 4.57 Å². The van der Waals surface area contributed by atoms with Gasteiger partial charge in [-0.15, -0.1) is 11.6 Å². The van der Waals surface area contributed by atoms with Crippen molar-refractivity contribution in [3.05, 3.63) is 29.6 Å².